The molecule has 0 aromatic carbocycles. The minimum atomic E-state index is -0.186. The fraction of sp³-hybridized carbons (Fsp3) is 0.909. The fourth-order valence-corrected chi connectivity index (χ4v) is 2.17. The van der Waals surface area contributed by atoms with E-state index < -0.39 is 0 Å². The Morgan fingerprint density at radius 1 is 1.53 bits per heavy atom. The number of ether oxygens (including phenoxy) is 1. The maximum Gasteiger partial charge on any atom is 0.409 e. The van der Waals surface area contributed by atoms with Gasteiger partial charge in [-0.25, -0.2) is 4.79 Å². The number of carbonyl (C=O) groups is 1. The summed E-state index contributed by atoms with van der Waals surface area (Å²) in [7, 11) is 1.45. The molecule has 0 aliphatic carbocycles. The minimum absolute atomic E-state index is 0.186. The van der Waals surface area contributed by atoms with Crippen LogP contribution in [-0.2, 0) is 4.74 Å². The van der Waals surface area contributed by atoms with E-state index >= 15 is 0 Å². The van der Waals surface area contributed by atoms with Crippen molar-refractivity contribution in [2.45, 2.75) is 32.1 Å². The summed E-state index contributed by atoms with van der Waals surface area (Å²) >= 11 is 0. The van der Waals surface area contributed by atoms with Crippen LogP contribution in [0.4, 0.5) is 4.79 Å². The third-order valence-corrected chi connectivity index (χ3v) is 3.02. The van der Waals surface area contributed by atoms with Crippen LogP contribution in [0.2, 0.25) is 0 Å². The van der Waals surface area contributed by atoms with Gasteiger partial charge in [-0.15, -0.1) is 0 Å². The lowest BCUT2D eigenvalue weighted by Gasteiger charge is -2.22. The molecule has 1 rings (SSSR count). The molecule has 0 aromatic heterocycles. The molecule has 0 aromatic rings. The van der Waals surface area contributed by atoms with Gasteiger partial charge in [-0.1, -0.05) is 6.42 Å². The summed E-state index contributed by atoms with van der Waals surface area (Å²) in [5, 5.41) is 0. The normalized spacial score (nSPS) is 22.3. The molecule has 2 N–H and O–H groups in total. The molecule has 4 heteroatoms. The third-order valence-electron chi connectivity index (χ3n) is 3.02. The molecule has 0 spiro atoms. The Bertz CT molecular complexity index is 197. The third kappa shape index (κ3) is 4.08. The van der Waals surface area contributed by atoms with Gasteiger partial charge in [-0.3, -0.25) is 0 Å². The van der Waals surface area contributed by atoms with Crippen molar-refractivity contribution in [2.24, 2.45) is 11.7 Å². The molecule has 1 aliphatic rings. The first kappa shape index (κ1) is 12.3. The quantitative estimate of drug-likeness (QED) is 0.776. The first-order valence-corrected chi connectivity index (χ1v) is 5.81. The minimum Gasteiger partial charge on any atom is -0.453 e. The Balaban J connectivity index is 2.42. The lowest BCUT2D eigenvalue weighted by Crippen LogP contribution is -2.34. The zero-order valence-corrected chi connectivity index (χ0v) is 9.58. The number of hydrogen-bond donors (Lipinski definition) is 1. The van der Waals surface area contributed by atoms with Gasteiger partial charge in [0.05, 0.1) is 7.11 Å². The van der Waals surface area contributed by atoms with E-state index in [9.17, 15) is 4.79 Å². The second-order valence-electron chi connectivity index (χ2n) is 4.21. The van der Waals surface area contributed by atoms with E-state index in [0.29, 0.717) is 5.92 Å². The van der Waals surface area contributed by atoms with Crippen molar-refractivity contribution >= 4 is 6.09 Å². The van der Waals surface area contributed by atoms with Gasteiger partial charge < -0.3 is 15.4 Å². The maximum atomic E-state index is 11.4. The average Bonchev–Trinajstić information content (AvgIpc) is 2.50. The fourth-order valence-electron chi connectivity index (χ4n) is 2.17. The molecular weight excluding hydrogens is 192 g/mol. The van der Waals surface area contributed by atoms with Gasteiger partial charge in [0.25, 0.3) is 0 Å². The molecule has 4 nitrogen and oxygen atoms in total. The first-order valence-electron chi connectivity index (χ1n) is 5.81. The monoisotopic (exact) mass is 214 g/mol. The van der Waals surface area contributed by atoms with Crippen molar-refractivity contribution in [1.29, 1.82) is 0 Å². The molecule has 1 heterocycles. The predicted molar refractivity (Wildman–Crippen MR) is 59.6 cm³/mol. The molecule has 1 atom stereocenters. The Hall–Kier alpha value is -0.770. The van der Waals surface area contributed by atoms with Gasteiger partial charge in [0.15, 0.2) is 0 Å². The van der Waals surface area contributed by atoms with Crippen LogP contribution >= 0.6 is 0 Å². The van der Waals surface area contributed by atoms with Crippen molar-refractivity contribution in [3.05, 3.63) is 0 Å². The van der Waals surface area contributed by atoms with Crippen molar-refractivity contribution in [2.75, 3.05) is 26.7 Å². The van der Waals surface area contributed by atoms with Crippen molar-refractivity contribution in [3.8, 4) is 0 Å². The van der Waals surface area contributed by atoms with Crippen LogP contribution in [0.3, 0.4) is 0 Å². The summed E-state index contributed by atoms with van der Waals surface area (Å²) < 4.78 is 4.76. The molecule has 1 saturated heterocycles. The van der Waals surface area contributed by atoms with E-state index in [-0.39, 0.29) is 6.09 Å². The highest BCUT2D eigenvalue weighted by Crippen LogP contribution is 2.20. The number of nitrogens with zero attached hydrogens (tertiary/aromatic N) is 1. The van der Waals surface area contributed by atoms with Gasteiger partial charge in [-0.2, -0.15) is 0 Å². The van der Waals surface area contributed by atoms with E-state index in [4.69, 9.17) is 10.5 Å². The molecule has 1 unspecified atom stereocenters. The van der Waals surface area contributed by atoms with Crippen LogP contribution in [0.1, 0.15) is 32.1 Å². The Labute approximate surface area is 91.8 Å². The van der Waals surface area contributed by atoms with Gasteiger partial charge in [0, 0.05) is 13.1 Å². The van der Waals surface area contributed by atoms with Crippen LogP contribution in [0, 0.1) is 5.92 Å². The van der Waals surface area contributed by atoms with Crippen LogP contribution in [0.25, 0.3) is 0 Å². The zero-order chi connectivity index (χ0) is 11.1. The van der Waals surface area contributed by atoms with Crippen molar-refractivity contribution in [1.82, 2.24) is 4.90 Å². The smallest absolute Gasteiger partial charge is 0.409 e. The van der Waals surface area contributed by atoms with Crippen LogP contribution < -0.4 is 5.73 Å². The number of carbonyl (C=O) groups excluding carboxylic acids is 1. The average molecular weight is 214 g/mol. The highest BCUT2D eigenvalue weighted by Gasteiger charge is 2.21. The molecule has 1 aliphatic heterocycles. The number of hydrogen-bond acceptors (Lipinski definition) is 3. The predicted octanol–water partition coefficient (Wildman–Crippen LogP) is 1.59. The number of amides is 1. The molecule has 1 amide bonds. The highest BCUT2D eigenvalue weighted by atomic mass is 16.5. The topological polar surface area (TPSA) is 55.6 Å². The Morgan fingerprint density at radius 3 is 3.00 bits per heavy atom. The van der Waals surface area contributed by atoms with Gasteiger partial charge >= 0.3 is 6.09 Å². The van der Waals surface area contributed by atoms with Crippen LogP contribution in [0.15, 0.2) is 0 Å². The highest BCUT2D eigenvalue weighted by molar-refractivity contribution is 5.67. The molecule has 1 fully saturated rings. The van der Waals surface area contributed by atoms with E-state index in [1.165, 1.54) is 20.0 Å². The summed E-state index contributed by atoms with van der Waals surface area (Å²) in [6, 6.07) is 0. The van der Waals surface area contributed by atoms with E-state index in [2.05, 4.69) is 0 Å². The standard InChI is InChI=1S/C11H22N2O2/c1-15-11(14)13-8-3-2-5-10(9-13)6-4-7-12/h10H,2-9,12H2,1H3. The Morgan fingerprint density at radius 2 is 2.33 bits per heavy atom. The molecule has 88 valence electrons. The zero-order valence-electron chi connectivity index (χ0n) is 9.58. The molecule has 0 saturated carbocycles. The molecule has 15 heavy (non-hydrogen) atoms. The molecule has 0 radical (unpaired) electrons. The van der Waals surface area contributed by atoms with Gasteiger partial charge in [0.1, 0.15) is 0 Å². The lowest BCUT2D eigenvalue weighted by atomic mass is 9.98. The van der Waals surface area contributed by atoms with E-state index in [1.54, 1.807) is 0 Å². The number of methoxy groups -OCH3 is 1. The first-order chi connectivity index (χ1) is 7.27. The number of nitrogens with two attached hydrogens (primary N) is 1. The SMILES string of the molecule is COC(=O)N1CCCCC(CCCN)C1. The van der Waals surface area contributed by atoms with Crippen molar-refractivity contribution in [3.63, 3.8) is 0 Å². The van der Waals surface area contributed by atoms with Crippen LogP contribution in [-0.4, -0.2) is 37.7 Å². The summed E-state index contributed by atoms with van der Waals surface area (Å²) in [5.74, 6) is 0.607. The summed E-state index contributed by atoms with van der Waals surface area (Å²) in [6.07, 6.45) is 5.52. The summed E-state index contributed by atoms with van der Waals surface area (Å²) in [5.41, 5.74) is 5.50. The van der Waals surface area contributed by atoms with Crippen molar-refractivity contribution < 1.29 is 9.53 Å². The molecular formula is C11H22N2O2. The second kappa shape index (κ2) is 6.67. The van der Waals surface area contributed by atoms with Gasteiger partial charge in [0.2, 0.25) is 0 Å². The summed E-state index contributed by atoms with van der Waals surface area (Å²) in [6.45, 7) is 2.42. The Kier molecular flexibility index (Phi) is 5.47. The van der Waals surface area contributed by atoms with Gasteiger partial charge in [-0.05, 0) is 38.1 Å². The largest absolute Gasteiger partial charge is 0.453 e. The number of rotatable bonds is 3. The van der Waals surface area contributed by atoms with E-state index in [0.717, 1.165) is 38.9 Å². The summed E-state index contributed by atoms with van der Waals surface area (Å²) in [4.78, 5) is 13.2. The number of likely N-dealkylation sites (tertiary alicyclic amines) is 1. The van der Waals surface area contributed by atoms with E-state index in [1.807, 2.05) is 4.90 Å². The molecule has 0 bridgehead atoms. The van der Waals surface area contributed by atoms with Crippen LogP contribution in [0.5, 0.6) is 0 Å². The maximum absolute atomic E-state index is 11.4. The lowest BCUT2D eigenvalue weighted by molar-refractivity contribution is 0.119. The second-order valence-corrected chi connectivity index (χ2v) is 4.21.